The molecule has 8 nitrogen and oxygen atoms in total. The number of rotatable bonds is 4. The highest BCUT2D eigenvalue weighted by Crippen LogP contribution is 2.64. The summed E-state index contributed by atoms with van der Waals surface area (Å²) in [5, 5.41) is 8.80. The Morgan fingerprint density at radius 3 is 2.54 bits per heavy atom. The lowest BCUT2D eigenvalue weighted by molar-refractivity contribution is -0.604. The minimum atomic E-state index is -1.12. The molecule has 1 spiro atoms. The average molecular weight is 398 g/mol. The van der Waals surface area contributed by atoms with Crippen molar-refractivity contribution in [1.29, 1.82) is 0 Å². The highest BCUT2D eigenvalue weighted by Gasteiger charge is 2.75. The van der Waals surface area contributed by atoms with E-state index in [2.05, 4.69) is 6.92 Å². The SMILES string of the molecule is C[C@H]1[C@H](OC(=O)CCC(=O)O)O[C@]2(C)OC3(C)CC[C@H]4[C@H](C)CC[C@@H]1[C@]42OO3. The van der Waals surface area contributed by atoms with E-state index in [1.165, 1.54) is 0 Å². The molecule has 158 valence electrons. The van der Waals surface area contributed by atoms with Gasteiger partial charge in [0.15, 0.2) is 5.60 Å². The summed E-state index contributed by atoms with van der Waals surface area (Å²) in [6.07, 6.45) is 2.29. The number of carbonyl (C=O) groups is 2. The molecule has 4 saturated heterocycles. The van der Waals surface area contributed by atoms with Crippen LogP contribution in [0.15, 0.2) is 0 Å². The first kappa shape index (κ1) is 20.1. The predicted octanol–water partition coefficient (Wildman–Crippen LogP) is 2.99. The molecule has 5 fully saturated rings. The molecule has 28 heavy (non-hydrogen) atoms. The van der Waals surface area contributed by atoms with Crippen molar-refractivity contribution in [2.45, 2.75) is 89.7 Å². The number of carboxylic acids is 1. The third kappa shape index (κ3) is 2.88. The molecule has 0 amide bonds. The summed E-state index contributed by atoms with van der Waals surface area (Å²) in [5.74, 6) is -3.10. The van der Waals surface area contributed by atoms with Gasteiger partial charge in [0.1, 0.15) is 0 Å². The van der Waals surface area contributed by atoms with Crippen molar-refractivity contribution in [3.05, 3.63) is 0 Å². The second-order valence-corrected chi connectivity index (χ2v) is 9.18. The zero-order chi connectivity index (χ0) is 20.3. The Bertz CT molecular complexity index is 667. The van der Waals surface area contributed by atoms with Gasteiger partial charge in [-0.25, -0.2) is 9.78 Å². The molecule has 5 aliphatic rings. The van der Waals surface area contributed by atoms with Crippen LogP contribution in [0, 0.1) is 23.7 Å². The van der Waals surface area contributed by atoms with Crippen LogP contribution in [0.2, 0.25) is 0 Å². The third-order valence-electron chi connectivity index (χ3n) is 7.30. The molecule has 2 bridgehead atoms. The smallest absolute Gasteiger partial charge is 0.308 e. The van der Waals surface area contributed by atoms with Crippen molar-refractivity contribution >= 4 is 11.9 Å². The molecular weight excluding hydrogens is 368 g/mol. The average Bonchev–Trinajstić information content (AvgIpc) is 2.82. The topological polar surface area (TPSA) is 101 Å². The fourth-order valence-corrected chi connectivity index (χ4v) is 5.92. The van der Waals surface area contributed by atoms with Gasteiger partial charge in [-0.15, -0.1) is 0 Å². The molecule has 4 heterocycles. The van der Waals surface area contributed by atoms with Crippen LogP contribution in [0.1, 0.15) is 66.2 Å². The van der Waals surface area contributed by atoms with Crippen LogP contribution >= 0.6 is 0 Å². The molecule has 8 heteroatoms. The van der Waals surface area contributed by atoms with E-state index < -0.39 is 35.4 Å². The predicted molar refractivity (Wildman–Crippen MR) is 94.4 cm³/mol. The molecule has 1 aliphatic carbocycles. The van der Waals surface area contributed by atoms with Gasteiger partial charge in [0.05, 0.1) is 12.8 Å². The normalized spacial score (nSPS) is 49.8. The molecule has 1 unspecified atom stereocenters. The monoisotopic (exact) mass is 398 g/mol. The van der Waals surface area contributed by atoms with Gasteiger partial charge >= 0.3 is 11.9 Å². The second kappa shape index (κ2) is 6.65. The summed E-state index contributed by atoms with van der Waals surface area (Å²) in [4.78, 5) is 34.8. The summed E-state index contributed by atoms with van der Waals surface area (Å²) in [6, 6.07) is 0. The van der Waals surface area contributed by atoms with E-state index in [1.807, 2.05) is 20.8 Å². The lowest BCUT2D eigenvalue weighted by Gasteiger charge is -2.64. The van der Waals surface area contributed by atoms with Crippen LogP contribution in [0.3, 0.4) is 0 Å². The van der Waals surface area contributed by atoms with Crippen LogP contribution in [0.25, 0.3) is 0 Å². The molecule has 4 aliphatic heterocycles. The summed E-state index contributed by atoms with van der Waals surface area (Å²) < 4.78 is 18.2. The molecular formula is C20H30O8. The number of esters is 1. The fraction of sp³-hybridized carbons (Fsp3) is 0.900. The van der Waals surface area contributed by atoms with Gasteiger partial charge in [-0.3, -0.25) is 9.59 Å². The molecule has 0 aromatic heterocycles. The summed E-state index contributed by atoms with van der Waals surface area (Å²) in [5.41, 5.74) is -0.760. The summed E-state index contributed by atoms with van der Waals surface area (Å²) in [6.45, 7) is 7.94. The fourth-order valence-electron chi connectivity index (χ4n) is 5.92. The largest absolute Gasteiger partial charge is 0.481 e. The van der Waals surface area contributed by atoms with Gasteiger partial charge in [0, 0.05) is 18.3 Å². The highest BCUT2D eigenvalue weighted by molar-refractivity contribution is 5.76. The lowest BCUT2D eigenvalue weighted by Crippen LogP contribution is -2.76. The van der Waals surface area contributed by atoms with Gasteiger partial charge in [-0.2, -0.15) is 0 Å². The Hall–Kier alpha value is -1.22. The Labute approximate surface area is 164 Å². The number of fused-ring (bicyclic) bond motifs is 2. The molecule has 0 radical (unpaired) electrons. The first-order valence-corrected chi connectivity index (χ1v) is 10.3. The van der Waals surface area contributed by atoms with Crippen LogP contribution in [-0.2, 0) is 33.6 Å². The summed E-state index contributed by atoms with van der Waals surface area (Å²) >= 11 is 0. The standard InChI is InChI=1S/C20H30O8/c1-11-5-6-14-12(2)17(24-16(23)8-7-15(21)22)25-19(4)20(14)13(11)9-10-18(3,26-19)27-28-20/h11-14,17H,5-10H2,1-4H3,(H,21,22)/t11-,12-,13+,14+,17-,18?,19-,20-/m1/s1. The number of aliphatic carboxylic acids is 1. The van der Waals surface area contributed by atoms with E-state index in [1.54, 1.807) is 0 Å². The highest BCUT2D eigenvalue weighted by atomic mass is 17.3. The quantitative estimate of drug-likeness (QED) is 0.570. The Morgan fingerprint density at radius 1 is 1.07 bits per heavy atom. The van der Waals surface area contributed by atoms with Gasteiger partial charge in [-0.1, -0.05) is 13.8 Å². The number of carbonyl (C=O) groups excluding carboxylic acids is 1. The maximum Gasteiger partial charge on any atom is 0.308 e. The Kier molecular flexibility index (Phi) is 4.77. The van der Waals surface area contributed by atoms with Crippen molar-refractivity contribution in [3.8, 4) is 0 Å². The molecule has 8 atom stereocenters. The van der Waals surface area contributed by atoms with Crippen LogP contribution in [0.5, 0.6) is 0 Å². The molecule has 1 saturated carbocycles. The molecule has 0 aromatic carbocycles. The van der Waals surface area contributed by atoms with Gasteiger partial charge in [0.25, 0.3) is 0 Å². The van der Waals surface area contributed by atoms with E-state index in [9.17, 15) is 9.59 Å². The van der Waals surface area contributed by atoms with E-state index in [0.717, 1.165) is 19.3 Å². The van der Waals surface area contributed by atoms with Crippen molar-refractivity contribution < 1.29 is 38.7 Å². The molecule has 0 aromatic rings. The van der Waals surface area contributed by atoms with Crippen molar-refractivity contribution in [3.63, 3.8) is 0 Å². The van der Waals surface area contributed by atoms with Crippen molar-refractivity contribution in [2.24, 2.45) is 23.7 Å². The summed E-state index contributed by atoms with van der Waals surface area (Å²) in [7, 11) is 0. The molecule has 1 N–H and O–H groups in total. The maximum absolute atomic E-state index is 12.2. The zero-order valence-corrected chi connectivity index (χ0v) is 16.9. The number of hydrogen-bond acceptors (Lipinski definition) is 7. The minimum Gasteiger partial charge on any atom is -0.481 e. The van der Waals surface area contributed by atoms with Gasteiger partial charge < -0.3 is 19.3 Å². The van der Waals surface area contributed by atoms with Crippen molar-refractivity contribution in [1.82, 2.24) is 0 Å². The van der Waals surface area contributed by atoms with Crippen LogP contribution in [0.4, 0.5) is 0 Å². The third-order valence-corrected chi connectivity index (χ3v) is 7.30. The maximum atomic E-state index is 12.2. The van der Waals surface area contributed by atoms with E-state index >= 15 is 0 Å². The minimum absolute atomic E-state index is 0.0346. The Balaban J connectivity index is 1.65. The second-order valence-electron chi connectivity index (χ2n) is 9.18. The van der Waals surface area contributed by atoms with E-state index in [-0.39, 0.29) is 30.6 Å². The zero-order valence-electron chi connectivity index (χ0n) is 16.9. The lowest BCUT2D eigenvalue weighted by atomic mass is 9.55. The number of carboxylic acid groups (broad SMARTS) is 1. The molecule has 5 rings (SSSR count). The number of ether oxygens (including phenoxy) is 3. The van der Waals surface area contributed by atoms with Crippen molar-refractivity contribution in [2.75, 3.05) is 0 Å². The van der Waals surface area contributed by atoms with E-state index in [4.69, 9.17) is 29.1 Å². The first-order chi connectivity index (χ1) is 13.1. The van der Waals surface area contributed by atoms with E-state index in [0.29, 0.717) is 12.3 Å². The first-order valence-electron chi connectivity index (χ1n) is 10.3. The van der Waals surface area contributed by atoms with Gasteiger partial charge in [0.2, 0.25) is 17.9 Å². The van der Waals surface area contributed by atoms with Gasteiger partial charge in [-0.05, 0) is 44.9 Å². The van der Waals surface area contributed by atoms with Crippen LogP contribution < -0.4 is 0 Å². The number of hydrogen-bond donors (Lipinski definition) is 1. The van der Waals surface area contributed by atoms with Crippen LogP contribution in [-0.4, -0.2) is 40.5 Å². The Morgan fingerprint density at radius 2 is 1.82 bits per heavy atom.